The van der Waals surface area contributed by atoms with E-state index in [1.807, 2.05) is 48.5 Å². The summed E-state index contributed by atoms with van der Waals surface area (Å²) < 4.78 is 8.68. The number of aromatic nitrogens is 4. The second-order valence-corrected chi connectivity index (χ2v) is 6.41. The number of para-hydroxylation sites is 1. The summed E-state index contributed by atoms with van der Waals surface area (Å²) >= 11 is 5.06. The van der Waals surface area contributed by atoms with E-state index in [1.165, 1.54) is 4.68 Å². The van der Waals surface area contributed by atoms with Crippen LogP contribution in [0.4, 0.5) is 0 Å². The molecule has 4 rings (SSSR count). The number of aromatic amines is 1. The van der Waals surface area contributed by atoms with Crippen molar-refractivity contribution in [3.05, 3.63) is 75.5 Å². The van der Waals surface area contributed by atoms with Gasteiger partial charge in [0, 0.05) is 11.5 Å². The molecule has 0 atom stereocenters. The number of ether oxygens (including phenoxy) is 1. The van der Waals surface area contributed by atoms with Gasteiger partial charge in [0.2, 0.25) is 4.77 Å². The lowest BCUT2D eigenvalue weighted by Crippen LogP contribution is -2.24. The van der Waals surface area contributed by atoms with Gasteiger partial charge in [0.1, 0.15) is 5.75 Å². The molecule has 0 aliphatic carbocycles. The smallest absolute Gasteiger partial charge is 0.252 e. The number of benzene rings is 2. The summed E-state index contributed by atoms with van der Waals surface area (Å²) in [5, 5.41) is 7.65. The van der Waals surface area contributed by atoms with E-state index in [9.17, 15) is 4.79 Å². The highest BCUT2D eigenvalue weighted by molar-refractivity contribution is 7.71. The van der Waals surface area contributed by atoms with Crippen molar-refractivity contribution in [1.29, 1.82) is 0 Å². The predicted octanol–water partition coefficient (Wildman–Crippen LogP) is 2.69. The van der Waals surface area contributed by atoms with Crippen LogP contribution in [0.15, 0.2) is 59.4 Å². The van der Waals surface area contributed by atoms with E-state index in [0.29, 0.717) is 17.1 Å². The Hall–Kier alpha value is -3.39. The zero-order chi connectivity index (χ0) is 19.0. The topological polar surface area (TPSA) is 90.9 Å². The third kappa shape index (κ3) is 2.89. The van der Waals surface area contributed by atoms with Gasteiger partial charge in [-0.1, -0.05) is 42.5 Å². The van der Waals surface area contributed by atoms with E-state index in [-0.39, 0.29) is 16.9 Å². The first-order valence-electron chi connectivity index (χ1n) is 8.27. The molecule has 0 radical (unpaired) electrons. The molecule has 136 valence electrons. The monoisotopic (exact) mass is 379 g/mol. The van der Waals surface area contributed by atoms with Gasteiger partial charge in [0.15, 0.2) is 5.82 Å². The molecule has 7 nitrogen and oxygen atoms in total. The van der Waals surface area contributed by atoms with Gasteiger partial charge in [0.25, 0.3) is 5.56 Å². The number of nitrogens with one attached hydrogen (secondary N) is 1. The fourth-order valence-electron chi connectivity index (χ4n) is 3.18. The molecular weight excluding hydrogens is 362 g/mol. The lowest BCUT2D eigenvalue weighted by atomic mass is 10.0. The first-order valence-corrected chi connectivity index (χ1v) is 8.68. The average Bonchev–Trinajstić information content (AvgIpc) is 3.02. The summed E-state index contributed by atoms with van der Waals surface area (Å²) in [7, 11) is 1.58. The number of rotatable bonds is 4. The van der Waals surface area contributed by atoms with Crippen LogP contribution in [0.2, 0.25) is 0 Å². The Labute approximate surface area is 159 Å². The number of nitrogens with zero attached hydrogens (tertiary/aromatic N) is 3. The molecule has 2 aromatic heterocycles. The predicted molar refractivity (Wildman–Crippen MR) is 107 cm³/mol. The zero-order valence-corrected chi connectivity index (χ0v) is 15.4. The number of nitrogen functional groups attached to an aromatic ring is 1. The van der Waals surface area contributed by atoms with Crippen LogP contribution in [0.25, 0.3) is 22.0 Å². The Morgan fingerprint density at radius 2 is 1.96 bits per heavy atom. The number of H-pyrrole nitrogens is 1. The van der Waals surface area contributed by atoms with E-state index >= 15 is 0 Å². The van der Waals surface area contributed by atoms with Gasteiger partial charge in [-0.15, -0.1) is 0 Å². The molecule has 0 bridgehead atoms. The molecule has 0 amide bonds. The zero-order valence-electron chi connectivity index (χ0n) is 14.5. The summed E-state index contributed by atoms with van der Waals surface area (Å²) in [5.41, 5.74) is 2.30. The maximum atomic E-state index is 13.0. The van der Waals surface area contributed by atoms with Crippen LogP contribution in [0.1, 0.15) is 5.82 Å². The fraction of sp³-hybridized carbons (Fsp3) is 0.105. The van der Waals surface area contributed by atoms with Crippen LogP contribution in [-0.2, 0) is 6.54 Å². The van der Waals surface area contributed by atoms with Crippen molar-refractivity contribution in [2.24, 2.45) is 0 Å². The second kappa shape index (κ2) is 6.73. The third-order valence-electron chi connectivity index (χ3n) is 4.47. The minimum atomic E-state index is -0.181. The Morgan fingerprint density at radius 3 is 2.63 bits per heavy atom. The summed E-state index contributed by atoms with van der Waals surface area (Å²) in [6.07, 6.45) is 0. The molecule has 3 N–H and O–H groups in total. The highest BCUT2D eigenvalue weighted by Crippen LogP contribution is 2.32. The van der Waals surface area contributed by atoms with Crippen molar-refractivity contribution in [3.8, 4) is 16.9 Å². The molecule has 2 heterocycles. The lowest BCUT2D eigenvalue weighted by Gasteiger charge is -2.16. The van der Waals surface area contributed by atoms with Crippen LogP contribution >= 0.6 is 12.2 Å². The molecule has 0 aliphatic rings. The molecule has 4 aromatic rings. The number of hydrogen-bond acceptors (Lipinski definition) is 5. The van der Waals surface area contributed by atoms with Crippen molar-refractivity contribution in [1.82, 2.24) is 19.4 Å². The van der Waals surface area contributed by atoms with Gasteiger partial charge >= 0.3 is 0 Å². The van der Waals surface area contributed by atoms with E-state index in [2.05, 4.69) is 10.2 Å². The number of fused-ring (bicyclic) bond motifs is 1. The van der Waals surface area contributed by atoms with Crippen LogP contribution in [0.3, 0.4) is 0 Å². The van der Waals surface area contributed by atoms with E-state index in [4.69, 9.17) is 22.8 Å². The summed E-state index contributed by atoms with van der Waals surface area (Å²) in [4.78, 5) is 13.0. The molecule has 0 spiro atoms. The van der Waals surface area contributed by atoms with Crippen LogP contribution in [0.5, 0.6) is 5.75 Å². The molecule has 27 heavy (non-hydrogen) atoms. The molecule has 2 aromatic carbocycles. The number of hydrogen-bond donors (Lipinski definition) is 2. The van der Waals surface area contributed by atoms with Gasteiger partial charge in [-0.2, -0.15) is 5.10 Å². The van der Waals surface area contributed by atoms with Crippen LogP contribution < -0.4 is 16.1 Å². The highest BCUT2D eigenvalue weighted by atomic mass is 32.1. The Balaban J connectivity index is 2.03. The van der Waals surface area contributed by atoms with Gasteiger partial charge in [-0.3, -0.25) is 14.5 Å². The molecule has 0 fully saturated rings. The minimum absolute atomic E-state index is 0.161. The standard InChI is InChI=1S/C19H17N5O2S/c1-26-15-9-5-8-13-14(12-6-3-2-4-7-12)10-17(25)23(18(13)15)11-16-21-22-19(27)24(16)20/h2-10H,11,20H2,1H3,(H,22,27). The highest BCUT2D eigenvalue weighted by Gasteiger charge is 2.16. The second-order valence-electron chi connectivity index (χ2n) is 6.02. The number of pyridine rings is 1. The lowest BCUT2D eigenvalue weighted by molar-refractivity contribution is 0.417. The molecular formula is C19H17N5O2S. The number of methoxy groups -OCH3 is 1. The minimum Gasteiger partial charge on any atom is -0.495 e. The maximum Gasteiger partial charge on any atom is 0.252 e. The van der Waals surface area contributed by atoms with Gasteiger partial charge < -0.3 is 10.6 Å². The van der Waals surface area contributed by atoms with Crippen LogP contribution in [0, 0.1) is 4.77 Å². The maximum absolute atomic E-state index is 13.0. The molecule has 0 saturated carbocycles. The molecule has 8 heteroatoms. The van der Waals surface area contributed by atoms with Crippen molar-refractivity contribution in [3.63, 3.8) is 0 Å². The Kier molecular flexibility index (Phi) is 4.25. The van der Waals surface area contributed by atoms with Crippen molar-refractivity contribution in [2.45, 2.75) is 6.54 Å². The van der Waals surface area contributed by atoms with Crippen molar-refractivity contribution < 1.29 is 4.74 Å². The third-order valence-corrected chi connectivity index (χ3v) is 4.76. The van der Waals surface area contributed by atoms with Crippen molar-refractivity contribution in [2.75, 3.05) is 13.0 Å². The quantitative estimate of drug-likeness (QED) is 0.420. The van der Waals surface area contributed by atoms with Crippen LogP contribution in [-0.4, -0.2) is 26.6 Å². The summed E-state index contributed by atoms with van der Waals surface area (Å²) in [5.74, 6) is 6.95. The largest absolute Gasteiger partial charge is 0.495 e. The molecule has 0 unspecified atom stereocenters. The normalized spacial score (nSPS) is 11.0. The molecule has 0 aliphatic heterocycles. The Morgan fingerprint density at radius 1 is 1.19 bits per heavy atom. The number of nitrogens with two attached hydrogens (primary N) is 1. The van der Waals surface area contributed by atoms with Crippen molar-refractivity contribution >= 4 is 23.1 Å². The van der Waals surface area contributed by atoms with Gasteiger partial charge in [0.05, 0.1) is 19.2 Å². The fourth-order valence-corrected chi connectivity index (χ4v) is 3.33. The van der Waals surface area contributed by atoms with Gasteiger partial charge in [-0.05, 0) is 29.4 Å². The first-order chi connectivity index (χ1) is 13.1. The molecule has 0 saturated heterocycles. The summed E-state index contributed by atoms with van der Waals surface area (Å²) in [6.45, 7) is 0.161. The SMILES string of the molecule is COc1cccc2c(-c3ccccc3)cc(=O)n(Cc3n[nH]c(=S)n3N)c12. The first kappa shape index (κ1) is 17.0. The van der Waals surface area contributed by atoms with E-state index in [0.717, 1.165) is 16.5 Å². The summed E-state index contributed by atoms with van der Waals surface area (Å²) in [6, 6.07) is 17.1. The Bertz CT molecular complexity index is 1240. The van der Waals surface area contributed by atoms with Gasteiger partial charge in [-0.25, -0.2) is 4.68 Å². The van der Waals surface area contributed by atoms with E-state index in [1.54, 1.807) is 17.7 Å². The van der Waals surface area contributed by atoms with E-state index < -0.39 is 0 Å². The average molecular weight is 379 g/mol.